The van der Waals surface area contributed by atoms with Crippen molar-refractivity contribution in [3.63, 3.8) is 0 Å². The summed E-state index contributed by atoms with van der Waals surface area (Å²) in [4.78, 5) is 12.8. The summed E-state index contributed by atoms with van der Waals surface area (Å²) in [6.07, 6.45) is 1.57. The fourth-order valence-electron chi connectivity index (χ4n) is 3.42. The molecule has 1 amide bonds. The van der Waals surface area contributed by atoms with Gasteiger partial charge in [-0.2, -0.15) is 4.31 Å². The molecular formula is C21H25N5O5S2. The lowest BCUT2D eigenvalue weighted by Gasteiger charge is -2.26. The molecule has 0 unspecified atom stereocenters. The number of aryl methyl sites for hydroxylation is 1. The molecule has 1 aromatic carbocycles. The number of ether oxygens (including phenoxy) is 1. The number of rotatable bonds is 8. The summed E-state index contributed by atoms with van der Waals surface area (Å²) < 4.78 is 39.8. The number of thioether (sulfide) groups is 1. The van der Waals surface area contributed by atoms with Crippen LogP contribution in [0.1, 0.15) is 12.5 Å². The number of carbonyl (C=O) groups is 1. The van der Waals surface area contributed by atoms with Crippen LogP contribution in [0.15, 0.2) is 51.1 Å². The standard InChI is InChI=1S/C21H25N5O5S2/c1-3-26-20(18-5-4-10-31-18)23-24-21(26)32-14-19(27)22-17-13-16(7-6-15(17)2)33(28,29)25-8-11-30-12-9-25/h4-7,10,13H,3,8-9,11-12,14H2,1-2H3,(H,22,27). The predicted molar refractivity (Wildman–Crippen MR) is 124 cm³/mol. The zero-order chi connectivity index (χ0) is 23.4. The molecule has 2 aromatic heterocycles. The van der Waals surface area contributed by atoms with Gasteiger partial charge in [-0.3, -0.25) is 9.36 Å². The summed E-state index contributed by atoms with van der Waals surface area (Å²) in [5, 5.41) is 11.8. The number of nitrogens with one attached hydrogen (secondary N) is 1. The molecule has 0 radical (unpaired) electrons. The van der Waals surface area contributed by atoms with Crippen molar-refractivity contribution in [2.75, 3.05) is 37.4 Å². The number of nitrogens with zero attached hydrogens (tertiary/aromatic N) is 4. The van der Waals surface area contributed by atoms with Crippen LogP contribution in [0.25, 0.3) is 11.6 Å². The topological polar surface area (TPSA) is 120 Å². The Labute approximate surface area is 196 Å². The Bertz CT molecular complexity index is 1220. The first-order chi connectivity index (χ1) is 15.9. The van der Waals surface area contributed by atoms with Gasteiger partial charge < -0.3 is 14.5 Å². The van der Waals surface area contributed by atoms with E-state index in [1.165, 1.54) is 22.1 Å². The van der Waals surface area contributed by atoms with Crippen molar-refractivity contribution in [3.05, 3.63) is 42.2 Å². The zero-order valence-corrected chi connectivity index (χ0v) is 20.0. The minimum atomic E-state index is -3.65. The number of sulfonamides is 1. The van der Waals surface area contributed by atoms with Crippen LogP contribution < -0.4 is 5.32 Å². The highest BCUT2D eigenvalue weighted by Gasteiger charge is 2.27. The van der Waals surface area contributed by atoms with Crippen LogP contribution in [0, 0.1) is 6.92 Å². The molecule has 10 nitrogen and oxygen atoms in total. The highest BCUT2D eigenvalue weighted by atomic mass is 32.2. The lowest BCUT2D eigenvalue weighted by molar-refractivity contribution is -0.113. The van der Waals surface area contributed by atoms with Crippen molar-refractivity contribution in [1.82, 2.24) is 19.1 Å². The van der Waals surface area contributed by atoms with Crippen molar-refractivity contribution in [1.29, 1.82) is 0 Å². The van der Waals surface area contributed by atoms with Crippen LogP contribution in [-0.2, 0) is 26.1 Å². The van der Waals surface area contributed by atoms with Gasteiger partial charge in [0.15, 0.2) is 16.7 Å². The van der Waals surface area contributed by atoms with E-state index in [9.17, 15) is 13.2 Å². The second-order valence-corrected chi connectivity index (χ2v) is 10.2. The molecule has 1 aliphatic rings. The molecule has 176 valence electrons. The van der Waals surface area contributed by atoms with E-state index >= 15 is 0 Å². The molecule has 12 heteroatoms. The van der Waals surface area contributed by atoms with Crippen molar-refractivity contribution in [2.24, 2.45) is 0 Å². The molecular weight excluding hydrogens is 466 g/mol. The Morgan fingerprint density at radius 1 is 1.21 bits per heavy atom. The first kappa shape index (κ1) is 23.5. The van der Waals surface area contributed by atoms with Gasteiger partial charge in [-0.1, -0.05) is 17.8 Å². The maximum atomic E-state index is 12.9. The number of aromatic nitrogens is 3. The number of amides is 1. The normalized spacial score (nSPS) is 15.0. The molecule has 0 saturated carbocycles. The van der Waals surface area contributed by atoms with Gasteiger partial charge in [0, 0.05) is 25.3 Å². The fourth-order valence-corrected chi connectivity index (χ4v) is 5.65. The summed E-state index contributed by atoms with van der Waals surface area (Å²) >= 11 is 1.25. The Morgan fingerprint density at radius 3 is 2.70 bits per heavy atom. The average molecular weight is 492 g/mol. The molecule has 1 aliphatic heterocycles. The average Bonchev–Trinajstić information content (AvgIpc) is 3.49. The Kier molecular flexibility index (Phi) is 7.17. The number of anilines is 1. The molecule has 0 aliphatic carbocycles. The maximum Gasteiger partial charge on any atom is 0.243 e. The number of morpholine rings is 1. The highest BCUT2D eigenvalue weighted by Crippen LogP contribution is 2.26. The Morgan fingerprint density at radius 2 is 2.00 bits per heavy atom. The zero-order valence-electron chi connectivity index (χ0n) is 18.4. The molecule has 3 heterocycles. The van der Waals surface area contributed by atoms with E-state index in [2.05, 4.69) is 15.5 Å². The van der Waals surface area contributed by atoms with Crippen LogP contribution in [0.3, 0.4) is 0 Å². The second kappa shape index (κ2) is 10.1. The summed E-state index contributed by atoms with van der Waals surface area (Å²) in [6, 6.07) is 8.34. The SMILES string of the molecule is CCn1c(SCC(=O)Nc2cc(S(=O)(=O)N3CCOCC3)ccc2C)nnc1-c1ccco1. The van der Waals surface area contributed by atoms with Crippen LogP contribution in [0.5, 0.6) is 0 Å². The number of furan rings is 1. The van der Waals surface area contributed by atoms with Crippen molar-refractivity contribution in [2.45, 2.75) is 30.4 Å². The quantitative estimate of drug-likeness (QED) is 0.478. The smallest absolute Gasteiger partial charge is 0.243 e. The third kappa shape index (κ3) is 5.13. The highest BCUT2D eigenvalue weighted by molar-refractivity contribution is 7.99. The minimum Gasteiger partial charge on any atom is -0.461 e. The van der Waals surface area contributed by atoms with Gasteiger partial charge in [-0.05, 0) is 43.7 Å². The third-order valence-electron chi connectivity index (χ3n) is 5.20. The molecule has 0 bridgehead atoms. The summed E-state index contributed by atoms with van der Waals surface area (Å²) in [5.41, 5.74) is 1.23. The van der Waals surface area contributed by atoms with Crippen molar-refractivity contribution >= 4 is 33.4 Å². The van der Waals surface area contributed by atoms with E-state index in [0.29, 0.717) is 55.3 Å². The first-order valence-corrected chi connectivity index (χ1v) is 12.9. The molecule has 0 spiro atoms. The van der Waals surface area contributed by atoms with E-state index in [4.69, 9.17) is 9.15 Å². The van der Waals surface area contributed by atoms with Gasteiger partial charge in [0.25, 0.3) is 0 Å². The lowest BCUT2D eigenvalue weighted by Crippen LogP contribution is -2.40. The van der Waals surface area contributed by atoms with E-state index in [1.807, 2.05) is 18.4 Å². The number of benzene rings is 1. The van der Waals surface area contributed by atoms with Gasteiger partial charge in [-0.25, -0.2) is 8.42 Å². The van der Waals surface area contributed by atoms with Gasteiger partial charge in [0.2, 0.25) is 15.9 Å². The second-order valence-electron chi connectivity index (χ2n) is 7.36. The summed E-state index contributed by atoms with van der Waals surface area (Å²) in [7, 11) is -3.65. The molecule has 4 rings (SSSR count). The molecule has 1 saturated heterocycles. The minimum absolute atomic E-state index is 0.0934. The molecule has 33 heavy (non-hydrogen) atoms. The maximum absolute atomic E-state index is 12.9. The number of hydrogen-bond donors (Lipinski definition) is 1. The monoisotopic (exact) mass is 491 g/mol. The van der Waals surface area contributed by atoms with Crippen LogP contribution in [-0.4, -0.2) is 65.5 Å². The van der Waals surface area contributed by atoms with Crippen molar-refractivity contribution in [3.8, 4) is 11.6 Å². The van der Waals surface area contributed by atoms with E-state index < -0.39 is 10.0 Å². The molecule has 1 N–H and O–H groups in total. The predicted octanol–water partition coefficient (Wildman–Crippen LogP) is 2.62. The molecule has 0 atom stereocenters. The third-order valence-corrected chi connectivity index (χ3v) is 8.06. The van der Waals surface area contributed by atoms with Gasteiger partial charge in [0.05, 0.1) is 30.1 Å². The number of hydrogen-bond acceptors (Lipinski definition) is 8. The van der Waals surface area contributed by atoms with Crippen LogP contribution >= 0.6 is 11.8 Å². The molecule has 3 aromatic rings. The van der Waals surface area contributed by atoms with E-state index in [1.54, 1.807) is 30.5 Å². The van der Waals surface area contributed by atoms with E-state index in [0.717, 1.165) is 5.56 Å². The van der Waals surface area contributed by atoms with Crippen molar-refractivity contribution < 1.29 is 22.4 Å². The van der Waals surface area contributed by atoms with Gasteiger partial charge in [-0.15, -0.1) is 10.2 Å². The Hall–Kier alpha value is -2.67. The largest absolute Gasteiger partial charge is 0.461 e. The number of carbonyl (C=O) groups excluding carboxylic acids is 1. The van der Waals surface area contributed by atoms with Crippen LogP contribution in [0.2, 0.25) is 0 Å². The Balaban J connectivity index is 1.44. The fraction of sp³-hybridized carbons (Fsp3) is 0.381. The summed E-state index contributed by atoms with van der Waals surface area (Å²) in [6.45, 7) is 5.76. The molecule has 1 fully saturated rings. The van der Waals surface area contributed by atoms with E-state index in [-0.39, 0.29) is 16.6 Å². The van der Waals surface area contributed by atoms with Gasteiger partial charge >= 0.3 is 0 Å². The lowest BCUT2D eigenvalue weighted by atomic mass is 10.2. The van der Waals surface area contributed by atoms with Crippen LogP contribution in [0.4, 0.5) is 5.69 Å². The summed E-state index contributed by atoms with van der Waals surface area (Å²) in [5.74, 6) is 1.03. The first-order valence-electron chi connectivity index (χ1n) is 10.5. The van der Waals surface area contributed by atoms with Gasteiger partial charge in [0.1, 0.15) is 0 Å².